The molecule has 0 aromatic heterocycles. The molecule has 0 saturated carbocycles. The molecule has 0 nitrogen and oxygen atoms in total. The third kappa shape index (κ3) is 3.84. The van der Waals surface area contributed by atoms with E-state index in [2.05, 4.69) is 135 Å². The Bertz CT molecular complexity index is 800. The van der Waals surface area contributed by atoms with Crippen LogP contribution in [0.25, 0.3) is 22.3 Å². The predicted molar refractivity (Wildman–Crippen MR) is 120 cm³/mol. The summed E-state index contributed by atoms with van der Waals surface area (Å²) in [5.41, 5.74) is 6.42. The lowest BCUT2D eigenvalue weighted by Crippen LogP contribution is -1.86. The highest BCUT2D eigenvalue weighted by molar-refractivity contribution is 14.1. The molecule has 0 atom stereocenters. The molecule has 22 heavy (non-hydrogen) atoms. The maximum Gasteiger partial charge on any atom is 0.0211 e. The van der Waals surface area contributed by atoms with Gasteiger partial charge >= 0.3 is 0 Å². The Morgan fingerprint density at radius 1 is 0.591 bits per heavy atom. The molecule has 3 heteroatoms. The highest BCUT2D eigenvalue weighted by Gasteiger charge is 2.05. The molecule has 0 aliphatic carbocycles. The average molecular weight is 622 g/mol. The van der Waals surface area contributed by atoms with E-state index in [0.29, 0.717) is 0 Å². The van der Waals surface area contributed by atoms with Crippen LogP contribution in [0.2, 0.25) is 0 Å². The molecule has 0 aliphatic rings. The number of hydrogen-bond donors (Lipinski definition) is 0. The van der Waals surface area contributed by atoms with Gasteiger partial charge in [-0.2, -0.15) is 0 Å². The van der Waals surface area contributed by atoms with E-state index in [1.165, 1.54) is 38.5 Å². The second kappa shape index (κ2) is 7.17. The molecule has 0 unspecified atom stereocenters. The minimum atomic E-state index is 1.27. The van der Waals surface area contributed by atoms with Crippen LogP contribution >= 0.6 is 67.8 Å². The lowest BCUT2D eigenvalue weighted by molar-refractivity contribution is 1.44. The summed E-state index contributed by atoms with van der Waals surface area (Å²) < 4.78 is 3.85. The van der Waals surface area contributed by atoms with Crippen molar-refractivity contribution in [3.05, 3.63) is 76.9 Å². The van der Waals surface area contributed by atoms with Gasteiger partial charge in [0.1, 0.15) is 0 Å². The first-order valence-electron chi connectivity index (χ1n) is 6.86. The van der Waals surface area contributed by atoms with Crippen molar-refractivity contribution in [1.29, 1.82) is 0 Å². The van der Waals surface area contributed by atoms with Gasteiger partial charge < -0.3 is 0 Å². The van der Waals surface area contributed by atoms with Gasteiger partial charge in [0, 0.05) is 10.7 Å². The highest BCUT2D eigenvalue weighted by Crippen LogP contribution is 2.30. The summed E-state index contributed by atoms with van der Waals surface area (Å²) in [7, 11) is 0. The highest BCUT2D eigenvalue weighted by atomic mass is 127. The first-order chi connectivity index (χ1) is 10.5. The van der Waals surface area contributed by atoms with Gasteiger partial charge in [0.2, 0.25) is 0 Å². The van der Waals surface area contributed by atoms with Crippen molar-refractivity contribution in [2.75, 3.05) is 0 Å². The first kappa shape index (κ1) is 16.7. The monoisotopic (exact) mass is 622 g/mol. The molecule has 0 spiro atoms. The second-order valence-electron chi connectivity index (χ2n) is 5.22. The molecule has 3 aromatic carbocycles. The van der Waals surface area contributed by atoms with Crippen LogP contribution in [0.5, 0.6) is 0 Å². The summed E-state index contributed by atoms with van der Waals surface area (Å²) in [6, 6.07) is 22.1. The second-order valence-corrected chi connectivity index (χ2v) is 8.87. The Hall–Kier alpha value is -0.150. The summed E-state index contributed by atoms with van der Waals surface area (Å²) >= 11 is 7.17. The molecular weight excluding hydrogens is 609 g/mol. The van der Waals surface area contributed by atoms with E-state index < -0.39 is 0 Å². The summed E-state index contributed by atoms with van der Waals surface area (Å²) in [6.07, 6.45) is 0. The van der Waals surface area contributed by atoms with Gasteiger partial charge in [0.25, 0.3) is 0 Å². The topological polar surface area (TPSA) is 0 Å². The summed E-state index contributed by atoms with van der Waals surface area (Å²) in [5, 5.41) is 0. The zero-order chi connectivity index (χ0) is 15.7. The first-order valence-corrected chi connectivity index (χ1v) is 10.1. The van der Waals surface area contributed by atoms with Gasteiger partial charge in [-0.05, 0) is 121 Å². The molecule has 3 aromatic rings. The molecule has 0 heterocycles. The number of rotatable bonds is 2. The van der Waals surface area contributed by atoms with E-state index in [0.717, 1.165) is 0 Å². The van der Waals surface area contributed by atoms with Gasteiger partial charge in [-0.25, -0.2) is 0 Å². The van der Waals surface area contributed by atoms with Crippen molar-refractivity contribution in [2.24, 2.45) is 0 Å². The zero-order valence-corrected chi connectivity index (χ0v) is 18.4. The Kier molecular flexibility index (Phi) is 5.44. The summed E-state index contributed by atoms with van der Waals surface area (Å²) in [6.45, 7) is 2.13. The van der Waals surface area contributed by atoms with Gasteiger partial charge in [0.05, 0.1) is 0 Å². The Labute approximate surface area is 172 Å². The molecule has 0 bridgehead atoms. The van der Waals surface area contributed by atoms with E-state index in [4.69, 9.17) is 0 Å². The van der Waals surface area contributed by atoms with Crippen molar-refractivity contribution in [2.45, 2.75) is 6.92 Å². The van der Waals surface area contributed by atoms with Gasteiger partial charge in [-0.1, -0.05) is 42.0 Å². The lowest BCUT2D eigenvalue weighted by atomic mass is 10.00. The van der Waals surface area contributed by atoms with Crippen molar-refractivity contribution in [1.82, 2.24) is 0 Å². The van der Waals surface area contributed by atoms with E-state index in [1.807, 2.05) is 0 Å². The maximum atomic E-state index is 2.42. The van der Waals surface area contributed by atoms with Gasteiger partial charge in [-0.3, -0.25) is 0 Å². The Morgan fingerprint density at radius 2 is 1.18 bits per heavy atom. The largest absolute Gasteiger partial charge is 0.0586 e. The van der Waals surface area contributed by atoms with E-state index in [9.17, 15) is 0 Å². The third-order valence-electron chi connectivity index (χ3n) is 3.52. The molecular formula is C19H13I3. The average Bonchev–Trinajstić information content (AvgIpc) is 2.46. The molecule has 110 valence electrons. The standard InChI is InChI=1S/C19H13I3/c1-12-2-7-18(19(22)8-12)14-5-3-13(4-6-14)15-9-16(20)11-17(21)10-15/h2-11H,1H3. The van der Waals surface area contributed by atoms with E-state index in [1.54, 1.807) is 0 Å². The van der Waals surface area contributed by atoms with Crippen LogP contribution in [0.15, 0.2) is 60.7 Å². The van der Waals surface area contributed by atoms with Crippen molar-refractivity contribution in [3.63, 3.8) is 0 Å². The fourth-order valence-corrected chi connectivity index (χ4v) is 5.34. The van der Waals surface area contributed by atoms with E-state index in [-0.39, 0.29) is 0 Å². The van der Waals surface area contributed by atoms with Crippen LogP contribution < -0.4 is 0 Å². The van der Waals surface area contributed by atoms with Gasteiger partial charge in [0.15, 0.2) is 0 Å². The molecule has 0 aliphatic heterocycles. The third-order valence-corrected chi connectivity index (χ3v) is 5.65. The summed E-state index contributed by atoms with van der Waals surface area (Å²) in [4.78, 5) is 0. The Morgan fingerprint density at radius 3 is 1.77 bits per heavy atom. The maximum absolute atomic E-state index is 2.42. The van der Waals surface area contributed by atoms with Crippen molar-refractivity contribution >= 4 is 67.8 Å². The quantitative estimate of drug-likeness (QED) is 0.267. The molecule has 0 fully saturated rings. The van der Waals surface area contributed by atoms with Crippen LogP contribution in [0.3, 0.4) is 0 Å². The fourth-order valence-electron chi connectivity index (χ4n) is 2.42. The zero-order valence-electron chi connectivity index (χ0n) is 11.9. The predicted octanol–water partition coefficient (Wildman–Crippen LogP) is 7.14. The minimum absolute atomic E-state index is 1.27. The van der Waals surface area contributed by atoms with Gasteiger partial charge in [-0.15, -0.1) is 0 Å². The van der Waals surface area contributed by atoms with Crippen LogP contribution in [-0.4, -0.2) is 0 Å². The van der Waals surface area contributed by atoms with E-state index >= 15 is 0 Å². The minimum Gasteiger partial charge on any atom is -0.0586 e. The molecule has 3 rings (SSSR count). The fraction of sp³-hybridized carbons (Fsp3) is 0.0526. The smallest absolute Gasteiger partial charge is 0.0211 e. The lowest BCUT2D eigenvalue weighted by Gasteiger charge is -2.08. The number of aryl methyl sites for hydroxylation is 1. The number of hydrogen-bond acceptors (Lipinski definition) is 0. The van der Waals surface area contributed by atoms with Crippen LogP contribution in [0, 0.1) is 17.6 Å². The Balaban J connectivity index is 1.99. The van der Waals surface area contributed by atoms with Crippen LogP contribution in [0.4, 0.5) is 0 Å². The van der Waals surface area contributed by atoms with Crippen molar-refractivity contribution < 1.29 is 0 Å². The molecule has 0 radical (unpaired) electrons. The molecule has 0 saturated heterocycles. The normalized spacial score (nSPS) is 10.7. The SMILES string of the molecule is Cc1ccc(-c2ccc(-c3cc(I)cc(I)c3)cc2)c(I)c1. The van der Waals surface area contributed by atoms with Crippen LogP contribution in [-0.2, 0) is 0 Å². The number of halogens is 3. The number of benzene rings is 3. The molecule has 0 N–H and O–H groups in total. The van der Waals surface area contributed by atoms with Crippen LogP contribution in [0.1, 0.15) is 5.56 Å². The summed E-state index contributed by atoms with van der Waals surface area (Å²) in [5.74, 6) is 0. The molecule has 0 amide bonds. The van der Waals surface area contributed by atoms with Crippen molar-refractivity contribution in [3.8, 4) is 22.3 Å².